The van der Waals surface area contributed by atoms with E-state index in [1.165, 1.54) is 25.1 Å². The zero-order valence-corrected chi connectivity index (χ0v) is 8.18. The molecule has 0 heterocycles. The van der Waals surface area contributed by atoms with Crippen LogP contribution >= 0.6 is 0 Å². The Morgan fingerprint density at radius 2 is 2.00 bits per heavy atom. The van der Waals surface area contributed by atoms with Gasteiger partial charge in [0.05, 0.1) is 0 Å². The SMILES string of the molecule is Cc1ccc(C2(N=C=O)CC2)c(F)c1F. The van der Waals surface area contributed by atoms with Crippen LogP contribution in [0.1, 0.15) is 24.0 Å². The average Bonchev–Trinajstić information content (AvgIpc) is 2.96. The van der Waals surface area contributed by atoms with Crippen LogP contribution in [0.5, 0.6) is 0 Å². The van der Waals surface area contributed by atoms with E-state index in [9.17, 15) is 13.6 Å². The van der Waals surface area contributed by atoms with Crippen LogP contribution in [0.2, 0.25) is 0 Å². The third-order valence-electron chi connectivity index (χ3n) is 2.76. The van der Waals surface area contributed by atoms with E-state index in [2.05, 4.69) is 4.99 Å². The summed E-state index contributed by atoms with van der Waals surface area (Å²) >= 11 is 0. The van der Waals surface area contributed by atoms with Gasteiger partial charge in [0.2, 0.25) is 6.08 Å². The van der Waals surface area contributed by atoms with Gasteiger partial charge < -0.3 is 0 Å². The van der Waals surface area contributed by atoms with E-state index >= 15 is 0 Å². The van der Waals surface area contributed by atoms with Gasteiger partial charge in [-0.15, -0.1) is 0 Å². The van der Waals surface area contributed by atoms with Gasteiger partial charge in [-0.25, -0.2) is 13.6 Å². The normalized spacial score (nSPS) is 17.0. The molecule has 1 aliphatic carbocycles. The fraction of sp³-hybridized carbons (Fsp3) is 0.364. The number of nitrogens with zero attached hydrogens (tertiary/aromatic N) is 1. The molecule has 15 heavy (non-hydrogen) atoms. The van der Waals surface area contributed by atoms with E-state index in [4.69, 9.17) is 0 Å². The summed E-state index contributed by atoms with van der Waals surface area (Å²) in [6.07, 6.45) is 2.56. The van der Waals surface area contributed by atoms with Gasteiger partial charge in [0.15, 0.2) is 11.6 Å². The Bertz CT molecular complexity index is 460. The maximum atomic E-state index is 13.6. The lowest BCUT2D eigenvalue weighted by Crippen LogP contribution is -2.08. The molecule has 4 heteroatoms. The van der Waals surface area contributed by atoms with Crippen molar-refractivity contribution in [3.05, 3.63) is 34.9 Å². The summed E-state index contributed by atoms with van der Waals surface area (Å²) in [5, 5.41) is 0. The van der Waals surface area contributed by atoms with Crippen molar-refractivity contribution >= 4 is 6.08 Å². The van der Waals surface area contributed by atoms with Crippen molar-refractivity contribution in [3.63, 3.8) is 0 Å². The molecule has 0 aliphatic heterocycles. The number of benzene rings is 1. The number of hydrogen-bond acceptors (Lipinski definition) is 2. The van der Waals surface area contributed by atoms with Crippen molar-refractivity contribution < 1.29 is 13.6 Å². The van der Waals surface area contributed by atoms with E-state index in [1.54, 1.807) is 0 Å². The first-order valence-electron chi connectivity index (χ1n) is 4.65. The topological polar surface area (TPSA) is 29.4 Å². The second-order valence-electron chi connectivity index (χ2n) is 3.79. The molecular formula is C11H9F2NO. The first-order valence-corrected chi connectivity index (χ1v) is 4.65. The zero-order chi connectivity index (χ0) is 11.1. The van der Waals surface area contributed by atoms with E-state index in [0.29, 0.717) is 12.8 Å². The van der Waals surface area contributed by atoms with Gasteiger partial charge in [0.25, 0.3) is 0 Å². The number of halogens is 2. The van der Waals surface area contributed by atoms with Gasteiger partial charge >= 0.3 is 0 Å². The van der Waals surface area contributed by atoms with Gasteiger partial charge in [-0.05, 0) is 25.3 Å². The summed E-state index contributed by atoms with van der Waals surface area (Å²) in [7, 11) is 0. The molecule has 78 valence electrons. The molecule has 1 aromatic rings. The van der Waals surface area contributed by atoms with Crippen LogP contribution in [0, 0.1) is 18.6 Å². The number of isocyanates is 1. The summed E-state index contributed by atoms with van der Waals surface area (Å²) in [6, 6.07) is 2.98. The Labute approximate surface area is 85.6 Å². The molecule has 2 rings (SSSR count). The average molecular weight is 209 g/mol. The van der Waals surface area contributed by atoms with Crippen molar-refractivity contribution in [2.75, 3.05) is 0 Å². The second-order valence-corrected chi connectivity index (χ2v) is 3.79. The Balaban J connectivity index is 2.55. The van der Waals surface area contributed by atoms with Crippen LogP contribution in [0.15, 0.2) is 17.1 Å². The van der Waals surface area contributed by atoms with E-state index in [0.717, 1.165) is 0 Å². The summed E-state index contributed by atoms with van der Waals surface area (Å²) in [5.41, 5.74) is -0.434. The van der Waals surface area contributed by atoms with Crippen LogP contribution in [0.25, 0.3) is 0 Å². The van der Waals surface area contributed by atoms with Gasteiger partial charge in [0, 0.05) is 5.56 Å². The molecule has 1 saturated carbocycles. The standard InChI is InChI=1S/C11H9F2NO/c1-7-2-3-8(10(13)9(7)12)11(4-5-11)14-6-15/h2-3H,4-5H2,1H3. The summed E-state index contributed by atoms with van der Waals surface area (Å²) in [5.74, 6) is -1.76. The lowest BCUT2D eigenvalue weighted by Gasteiger charge is -2.10. The van der Waals surface area contributed by atoms with Crippen LogP contribution < -0.4 is 0 Å². The van der Waals surface area contributed by atoms with Gasteiger partial charge in [-0.3, -0.25) is 0 Å². The molecule has 1 fully saturated rings. The molecule has 0 aromatic heterocycles. The molecule has 0 atom stereocenters. The highest BCUT2D eigenvalue weighted by molar-refractivity contribution is 5.42. The predicted octanol–water partition coefficient (Wildman–Crippen LogP) is 2.60. The minimum absolute atomic E-state index is 0.161. The lowest BCUT2D eigenvalue weighted by molar-refractivity contribution is 0.480. The van der Waals surface area contributed by atoms with E-state index in [1.807, 2.05) is 0 Å². The van der Waals surface area contributed by atoms with E-state index < -0.39 is 17.2 Å². The van der Waals surface area contributed by atoms with Crippen molar-refractivity contribution in [2.24, 2.45) is 4.99 Å². The smallest absolute Gasteiger partial charge is 0.211 e. The minimum atomic E-state index is -0.897. The minimum Gasteiger partial charge on any atom is -0.211 e. The van der Waals surface area contributed by atoms with Crippen molar-refractivity contribution in [3.8, 4) is 0 Å². The summed E-state index contributed by atoms with van der Waals surface area (Å²) < 4.78 is 26.8. The highest BCUT2D eigenvalue weighted by Gasteiger charge is 2.47. The molecule has 0 amide bonds. The third kappa shape index (κ3) is 1.47. The zero-order valence-electron chi connectivity index (χ0n) is 8.18. The molecule has 1 aliphatic rings. The molecule has 0 spiro atoms. The predicted molar refractivity (Wildman–Crippen MR) is 50.1 cm³/mol. The highest BCUT2D eigenvalue weighted by atomic mass is 19.2. The number of aryl methyl sites for hydroxylation is 1. The van der Waals surface area contributed by atoms with E-state index in [-0.39, 0.29) is 11.1 Å². The summed E-state index contributed by atoms with van der Waals surface area (Å²) in [4.78, 5) is 13.7. The Morgan fingerprint density at radius 3 is 2.53 bits per heavy atom. The second kappa shape index (κ2) is 3.24. The van der Waals surface area contributed by atoms with Gasteiger partial charge in [-0.1, -0.05) is 12.1 Å². The molecular weight excluding hydrogens is 200 g/mol. The van der Waals surface area contributed by atoms with Crippen LogP contribution in [0.3, 0.4) is 0 Å². The Kier molecular flexibility index (Phi) is 2.16. The number of carbonyl (C=O) groups excluding carboxylic acids is 1. The van der Waals surface area contributed by atoms with Crippen LogP contribution in [0.4, 0.5) is 8.78 Å². The van der Waals surface area contributed by atoms with Crippen LogP contribution in [-0.2, 0) is 10.3 Å². The van der Waals surface area contributed by atoms with Crippen LogP contribution in [-0.4, -0.2) is 6.08 Å². The molecule has 0 N–H and O–H groups in total. The Morgan fingerprint density at radius 1 is 1.33 bits per heavy atom. The van der Waals surface area contributed by atoms with Crippen molar-refractivity contribution in [1.29, 1.82) is 0 Å². The molecule has 1 aromatic carbocycles. The molecule has 0 bridgehead atoms. The lowest BCUT2D eigenvalue weighted by atomic mass is 10.0. The highest BCUT2D eigenvalue weighted by Crippen LogP contribution is 2.50. The van der Waals surface area contributed by atoms with Crippen molar-refractivity contribution in [1.82, 2.24) is 0 Å². The molecule has 0 saturated heterocycles. The van der Waals surface area contributed by atoms with Gasteiger partial charge in [-0.2, -0.15) is 4.99 Å². The van der Waals surface area contributed by atoms with Crippen molar-refractivity contribution in [2.45, 2.75) is 25.3 Å². The first kappa shape index (κ1) is 9.99. The van der Waals surface area contributed by atoms with Gasteiger partial charge in [0.1, 0.15) is 5.54 Å². The molecule has 0 radical (unpaired) electrons. The fourth-order valence-electron chi connectivity index (χ4n) is 1.65. The fourth-order valence-corrected chi connectivity index (χ4v) is 1.65. The monoisotopic (exact) mass is 209 g/mol. The number of hydrogen-bond donors (Lipinski definition) is 0. The number of aliphatic imine (C=N–C) groups is 1. The number of rotatable bonds is 2. The maximum absolute atomic E-state index is 13.6. The quantitative estimate of drug-likeness (QED) is 0.543. The largest absolute Gasteiger partial charge is 0.235 e. The summed E-state index contributed by atoms with van der Waals surface area (Å²) in [6.45, 7) is 1.49. The third-order valence-corrected chi connectivity index (χ3v) is 2.76. The molecule has 2 nitrogen and oxygen atoms in total. The Hall–Kier alpha value is -1.54. The maximum Gasteiger partial charge on any atom is 0.235 e. The molecule has 0 unspecified atom stereocenters. The first-order chi connectivity index (χ1) is 7.10.